The van der Waals surface area contributed by atoms with Gasteiger partial charge in [-0.3, -0.25) is 9.79 Å². The first kappa shape index (κ1) is 22.3. The zero-order chi connectivity index (χ0) is 21.3. The van der Waals surface area contributed by atoms with Crippen molar-refractivity contribution in [1.82, 2.24) is 0 Å². The predicted molar refractivity (Wildman–Crippen MR) is 117 cm³/mol. The molecule has 2 aromatic rings. The predicted octanol–water partition coefficient (Wildman–Crippen LogP) is 5.16. The highest BCUT2D eigenvalue weighted by molar-refractivity contribution is 6.13. The van der Waals surface area contributed by atoms with Crippen molar-refractivity contribution >= 4 is 17.5 Å². The van der Waals surface area contributed by atoms with Crippen molar-refractivity contribution in [3.05, 3.63) is 83.9 Å². The minimum atomic E-state index is -0.701. The summed E-state index contributed by atoms with van der Waals surface area (Å²) in [7, 11) is 0. The molecule has 0 heterocycles. The molecule has 0 bridgehead atoms. The molecule has 4 heteroatoms. The van der Waals surface area contributed by atoms with Crippen LogP contribution in [0.2, 0.25) is 0 Å². The Balaban J connectivity index is 2.43. The Morgan fingerprint density at radius 3 is 1.90 bits per heavy atom. The van der Waals surface area contributed by atoms with E-state index in [4.69, 9.17) is 9.73 Å². The average molecular weight is 392 g/mol. The molecule has 0 N–H and O–H groups in total. The lowest BCUT2D eigenvalue weighted by molar-refractivity contribution is -0.156. The van der Waals surface area contributed by atoms with E-state index in [1.807, 2.05) is 87.5 Å². The number of nitrogens with zero attached hydrogens (tertiary/aromatic N) is 1. The molecule has 4 nitrogen and oxygen atoms in total. The van der Waals surface area contributed by atoms with Crippen LogP contribution in [0.5, 0.6) is 0 Å². The van der Waals surface area contributed by atoms with Crippen molar-refractivity contribution in [3.63, 3.8) is 0 Å². The summed E-state index contributed by atoms with van der Waals surface area (Å²) < 4.78 is 5.60. The molecule has 0 unspecified atom stereocenters. The van der Waals surface area contributed by atoms with Crippen LogP contribution in [0.3, 0.4) is 0 Å². The van der Waals surface area contributed by atoms with Crippen LogP contribution < -0.4 is 0 Å². The number of ether oxygens (including phenoxy) is 1. The normalized spacial score (nSPS) is 12.4. The van der Waals surface area contributed by atoms with E-state index in [1.165, 1.54) is 6.92 Å². The van der Waals surface area contributed by atoms with Crippen LogP contribution in [0, 0.1) is 0 Å². The van der Waals surface area contributed by atoms with Crippen LogP contribution in [0.25, 0.3) is 0 Å². The fraction of sp³-hybridized carbons (Fsp3) is 0.320. The molecule has 2 aromatic carbocycles. The number of hydrogen-bond acceptors (Lipinski definition) is 4. The molecule has 0 aliphatic carbocycles. The largest absolute Gasteiger partial charge is 0.458 e. The molecule has 0 radical (unpaired) electrons. The molecular weight excluding hydrogens is 362 g/mol. The van der Waals surface area contributed by atoms with Gasteiger partial charge in [-0.25, -0.2) is 4.79 Å². The molecule has 0 saturated carbocycles. The van der Waals surface area contributed by atoms with Gasteiger partial charge in [-0.15, -0.1) is 0 Å². The van der Waals surface area contributed by atoms with Crippen molar-refractivity contribution in [2.45, 2.75) is 52.2 Å². The lowest BCUT2D eigenvalue weighted by atomic mass is 10.0. The van der Waals surface area contributed by atoms with E-state index in [9.17, 15) is 9.59 Å². The van der Waals surface area contributed by atoms with E-state index < -0.39 is 11.6 Å². The number of allylic oxidation sites excluding steroid dienone is 1. The summed E-state index contributed by atoms with van der Waals surface area (Å²) in [6.45, 7) is 7.06. The van der Waals surface area contributed by atoms with Crippen LogP contribution in [-0.4, -0.2) is 29.1 Å². The molecule has 0 aliphatic rings. The van der Waals surface area contributed by atoms with Crippen LogP contribution in [-0.2, 0) is 14.3 Å². The van der Waals surface area contributed by atoms with Gasteiger partial charge in [0.25, 0.3) is 0 Å². The molecular formula is C25H29NO3. The Hall–Kier alpha value is -3.01. The summed E-state index contributed by atoms with van der Waals surface area (Å²) in [5.41, 5.74) is 2.00. The van der Waals surface area contributed by atoms with Crippen molar-refractivity contribution in [2.75, 3.05) is 0 Å². The van der Waals surface area contributed by atoms with Gasteiger partial charge in [0.2, 0.25) is 0 Å². The zero-order valence-corrected chi connectivity index (χ0v) is 17.6. The smallest absolute Gasteiger partial charge is 0.331 e. The van der Waals surface area contributed by atoms with Crippen LogP contribution in [0.1, 0.15) is 51.7 Å². The van der Waals surface area contributed by atoms with E-state index in [-0.39, 0.29) is 11.8 Å². The van der Waals surface area contributed by atoms with E-state index >= 15 is 0 Å². The minimum absolute atomic E-state index is 0.0767. The lowest BCUT2D eigenvalue weighted by Crippen LogP contribution is -2.31. The number of ketones is 1. The fourth-order valence-electron chi connectivity index (χ4n) is 2.71. The number of aliphatic imine (C=N–C) groups is 1. The summed E-state index contributed by atoms with van der Waals surface area (Å²) in [6.07, 6.45) is 4.31. The fourth-order valence-corrected chi connectivity index (χ4v) is 2.71. The molecule has 1 atom stereocenters. The maximum absolute atomic E-state index is 12.9. The molecule has 0 saturated heterocycles. The second-order valence-electron chi connectivity index (χ2n) is 7.87. The standard InChI is InChI=1S/C25H29NO3/c1-19(27)13-11-12-18-22(24(28)29-25(2,3)4)26-23(20-14-7-5-8-15-20)21-16-9-6-10-17-21/h5-12,14-17,22H,13,18H2,1-4H3/b12-11+/t22-/m0/s1. The van der Waals surface area contributed by atoms with Gasteiger partial charge in [0.05, 0.1) is 5.71 Å². The first-order valence-corrected chi connectivity index (χ1v) is 9.82. The number of Topliss-reactive ketones (excluding diaryl/α,β-unsaturated/α-hetero) is 1. The highest BCUT2D eigenvalue weighted by atomic mass is 16.6. The maximum Gasteiger partial charge on any atom is 0.331 e. The summed E-state index contributed by atoms with van der Waals surface area (Å²) in [5, 5.41) is 0. The van der Waals surface area contributed by atoms with Crippen molar-refractivity contribution in [3.8, 4) is 0 Å². The molecule has 2 rings (SSSR count). The summed E-state index contributed by atoms with van der Waals surface area (Å²) >= 11 is 0. The molecule has 0 fully saturated rings. The second-order valence-corrected chi connectivity index (χ2v) is 7.87. The van der Waals surface area contributed by atoms with Crippen molar-refractivity contribution < 1.29 is 14.3 Å². The van der Waals surface area contributed by atoms with Gasteiger partial charge >= 0.3 is 5.97 Å². The Kier molecular flexibility index (Phi) is 8.08. The van der Waals surface area contributed by atoms with Crippen LogP contribution in [0.4, 0.5) is 0 Å². The van der Waals surface area contributed by atoms with E-state index in [1.54, 1.807) is 6.08 Å². The van der Waals surface area contributed by atoms with Gasteiger partial charge in [-0.1, -0.05) is 72.8 Å². The molecule has 152 valence electrons. The summed E-state index contributed by atoms with van der Waals surface area (Å²) in [4.78, 5) is 28.9. The van der Waals surface area contributed by atoms with Crippen LogP contribution >= 0.6 is 0 Å². The quantitative estimate of drug-likeness (QED) is 0.355. The minimum Gasteiger partial charge on any atom is -0.458 e. The number of esters is 1. The first-order valence-electron chi connectivity index (χ1n) is 9.82. The molecule has 0 amide bonds. The van der Waals surface area contributed by atoms with Gasteiger partial charge in [0, 0.05) is 17.5 Å². The van der Waals surface area contributed by atoms with E-state index in [0.29, 0.717) is 12.8 Å². The number of benzene rings is 2. The molecule has 0 aromatic heterocycles. The highest BCUT2D eigenvalue weighted by Gasteiger charge is 2.25. The average Bonchev–Trinajstić information content (AvgIpc) is 2.67. The highest BCUT2D eigenvalue weighted by Crippen LogP contribution is 2.17. The van der Waals surface area contributed by atoms with Crippen molar-refractivity contribution in [2.24, 2.45) is 4.99 Å². The number of carbonyl (C=O) groups is 2. The van der Waals surface area contributed by atoms with Crippen LogP contribution in [0.15, 0.2) is 77.8 Å². The summed E-state index contributed by atoms with van der Waals surface area (Å²) in [5.74, 6) is -0.304. The zero-order valence-electron chi connectivity index (χ0n) is 17.6. The van der Waals surface area contributed by atoms with Gasteiger partial charge < -0.3 is 4.74 Å². The Morgan fingerprint density at radius 1 is 0.931 bits per heavy atom. The Bertz CT molecular complexity index is 820. The lowest BCUT2D eigenvalue weighted by Gasteiger charge is -2.22. The summed E-state index contributed by atoms with van der Waals surface area (Å²) in [6, 6.07) is 18.9. The third-order valence-electron chi connectivity index (χ3n) is 3.99. The molecule has 29 heavy (non-hydrogen) atoms. The second kappa shape index (κ2) is 10.5. The number of carbonyl (C=O) groups excluding carboxylic acids is 2. The monoisotopic (exact) mass is 391 g/mol. The third-order valence-corrected chi connectivity index (χ3v) is 3.99. The number of rotatable bonds is 8. The van der Waals surface area contributed by atoms with Crippen molar-refractivity contribution in [1.29, 1.82) is 0 Å². The molecule has 0 aliphatic heterocycles. The van der Waals surface area contributed by atoms with E-state index in [2.05, 4.69) is 0 Å². The number of hydrogen-bond donors (Lipinski definition) is 0. The van der Waals surface area contributed by atoms with E-state index in [0.717, 1.165) is 16.8 Å². The third kappa shape index (κ3) is 7.86. The maximum atomic E-state index is 12.9. The Morgan fingerprint density at radius 2 is 1.45 bits per heavy atom. The first-order chi connectivity index (χ1) is 13.8. The Labute approximate surface area is 173 Å². The van der Waals surface area contributed by atoms with Gasteiger partial charge in [-0.2, -0.15) is 0 Å². The van der Waals surface area contributed by atoms with Gasteiger partial charge in [0.1, 0.15) is 11.4 Å². The van der Waals surface area contributed by atoms with Gasteiger partial charge in [0.15, 0.2) is 6.04 Å². The SMILES string of the molecule is CC(=O)C/C=C/C[C@H](N=C(c1ccccc1)c1ccccc1)C(=O)OC(C)(C)C. The topological polar surface area (TPSA) is 55.7 Å². The van der Waals surface area contributed by atoms with Gasteiger partial charge in [-0.05, 0) is 34.1 Å². The molecule has 0 spiro atoms.